The lowest BCUT2D eigenvalue weighted by molar-refractivity contribution is 0.0906. The minimum Gasteiger partial charge on any atom is -0.493 e. The SMILES string of the molecule is C#CCOc1cc(CNC(=NC)N2CCC(COCc3ccccc3)C2)ccc1OC.I. The van der Waals surface area contributed by atoms with Crippen molar-refractivity contribution in [3.63, 3.8) is 0 Å². The summed E-state index contributed by atoms with van der Waals surface area (Å²) < 4.78 is 16.9. The molecule has 0 saturated carbocycles. The molecule has 0 bridgehead atoms. The molecule has 3 rings (SSSR count). The van der Waals surface area contributed by atoms with Gasteiger partial charge in [0.05, 0.1) is 20.3 Å². The van der Waals surface area contributed by atoms with Gasteiger partial charge in [0, 0.05) is 32.6 Å². The Morgan fingerprint density at radius 1 is 1.19 bits per heavy atom. The van der Waals surface area contributed by atoms with Gasteiger partial charge in [-0.1, -0.05) is 42.3 Å². The highest BCUT2D eigenvalue weighted by molar-refractivity contribution is 14.0. The van der Waals surface area contributed by atoms with Crippen LogP contribution in [0, 0.1) is 18.3 Å². The smallest absolute Gasteiger partial charge is 0.193 e. The Kier molecular flexibility index (Phi) is 11.2. The van der Waals surface area contributed by atoms with Crippen molar-refractivity contribution in [3.05, 3.63) is 59.7 Å². The molecule has 0 aliphatic carbocycles. The summed E-state index contributed by atoms with van der Waals surface area (Å²) in [4.78, 5) is 6.75. The molecule has 0 amide bonds. The Labute approximate surface area is 208 Å². The molecule has 172 valence electrons. The molecule has 0 spiro atoms. The number of guanidine groups is 1. The van der Waals surface area contributed by atoms with Crippen LogP contribution in [0.2, 0.25) is 0 Å². The van der Waals surface area contributed by atoms with Gasteiger partial charge in [-0.25, -0.2) is 0 Å². The van der Waals surface area contributed by atoms with Gasteiger partial charge in [-0.15, -0.1) is 30.4 Å². The van der Waals surface area contributed by atoms with Crippen LogP contribution in [0.1, 0.15) is 17.5 Å². The Balaban J connectivity index is 0.00000363. The van der Waals surface area contributed by atoms with E-state index in [2.05, 4.69) is 33.3 Å². The van der Waals surface area contributed by atoms with Crippen LogP contribution in [0.3, 0.4) is 0 Å². The van der Waals surface area contributed by atoms with Crippen molar-refractivity contribution in [2.45, 2.75) is 19.6 Å². The summed E-state index contributed by atoms with van der Waals surface area (Å²) in [6, 6.07) is 16.1. The van der Waals surface area contributed by atoms with Gasteiger partial charge in [-0.2, -0.15) is 0 Å². The third kappa shape index (κ3) is 7.61. The van der Waals surface area contributed by atoms with Crippen molar-refractivity contribution in [1.29, 1.82) is 0 Å². The van der Waals surface area contributed by atoms with Gasteiger partial charge >= 0.3 is 0 Å². The first-order valence-electron chi connectivity index (χ1n) is 10.5. The molecule has 1 saturated heterocycles. The van der Waals surface area contributed by atoms with Crippen LogP contribution in [0.25, 0.3) is 0 Å². The second-order valence-corrected chi connectivity index (χ2v) is 7.48. The zero-order valence-electron chi connectivity index (χ0n) is 18.8. The average molecular weight is 549 g/mol. The molecule has 1 unspecified atom stereocenters. The fraction of sp³-hybridized carbons (Fsp3) is 0.400. The van der Waals surface area contributed by atoms with Crippen LogP contribution in [-0.4, -0.2) is 51.3 Å². The van der Waals surface area contributed by atoms with Gasteiger partial charge in [0.2, 0.25) is 0 Å². The second kappa shape index (κ2) is 13.9. The Morgan fingerprint density at radius 3 is 2.72 bits per heavy atom. The topological polar surface area (TPSA) is 55.3 Å². The Hall–Kier alpha value is -2.44. The van der Waals surface area contributed by atoms with E-state index in [4.69, 9.17) is 20.6 Å². The number of halogens is 1. The molecule has 6 nitrogen and oxygen atoms in total. The number of nitrogens with one attached hydrogen (secondary N) is 1. The molecule has 1 atom stereocenters. The van der Waals surface area contributed by atoms with E-state index in [0.29, 0.717) is 30.6 Å². The van der Waals surface area contributed by atoms with E-state index in [1.165, 1.54) is 5.56 Å². The zero-order valence-corrected chi connectivity index (χ0v) is 21.1. The first-order valence-corrected chi connectivity index (χ1v) is 10.5. The van der Waals surface area contributed by atoms with Crippen LogP contribution in [0.15, 0.2) is 53.5 Å². The second-order valence-electron chi connectivity index (χ2n) is 7.48. The molecule has 0 radical (unpaired) electrons. The third-order valence-corrected chi connectivity index (χ3v) is 5.25. The monoisotopic (exact) mass is 549 g/mol. The minimum atomic E-state index is 0. The van der Waals surface area contributed by atoms with E-state index in [1.54, 1.807) is 7.11 Å². The number of aliphatic imine (C=N–C) groups is 1. The number of terminal acetylenes is 1. The molecule has 1 N–H and O–H groups in total. The highest BCUT2D eigenvalue weighted by Gasteiger charge is 2.25. The quantitative estimate of drug-likeness (QED) is 0.222. The number of likely N-dealkylation sites (tertiary alicyclic amines) is 1. The van der Waals surface area contributed by atoms with Crippen LogP contribution in [-0.2, 0) is 17.9 Å². The number of ether oxygens (including phenoxy) is 3. The maximum absolute atomic E-state index is 5.94. The summed E-state index contributed by atoms with van der Waals surface area (Å²) in [5.41, 5.74) is 2.27. The molecule has 1 aliphatic rings. The van der Waals surface area contributed by atoms with Crippen molar-refractivity contribution < 1.29 is 14.2 Å². The average Bonchev–Trinajstić information content (AvgIpc) is 3.27. The molecule has 2 aromatic rings. The van der Waals surface area contributed by atoms with Gasteiger partial charge in [0.15, 0.2) is 17.5 Å². The van der Waals surface area contributed by atoms with Crippen molar-refractivity contribution in [2.75, 3.05) is 40.5 Å². The van der Waals surface area contributed by atoms with Crippen molar-refractivity contribution in [3.8, 4) is 23.8 Å². The number of benzene rings is 2. The predicted octanol–water partition coefficient (Wildman–Crippen LogP) is 3.94. The normalized spacial score (nSPS) is 15.6. The van der Waals surface area contributed by atoms with E-state index >= 15 is 0 Å². The first kappa shape index (κ1) is 25.8. The summed E-state index contributed by atoms with van der Waals surface area (Å²) in [6.45, 7) is 4.17. The fourth-order valence-electron chi connectivity index (χ4n) is 3.66. The van der Waals surface area contributed by atoms with E-state index in [1.807, 2.05) is 43.4 Å². The lowest BCUT2D eigenvalue weighted by atomic mass is 10.1. The maximum atomic E-state index is 5.94. The van der Waals surface area contributed by atoms with Crippen LogP contribution < -0.4 is 14.8 Å². The molecule has 32 heavy (non-hydrogen) atoms. The molecule has 2 aromatic carbocycles. The zero-order chi connectivity index (χ0) is 21.9. The Bertz CT molecular complexity index is 899. The van der Waals surface area contributed by atoms with Gasteiger partial charge in [0.1, 0.15) is 6.61 Å². The molecule has 1 fully saturated rings. The van der Waals surface area contributed by atoms with Crippen LogP contribution in [0.5, 0.6) is 11.5 Å². The Morgan fingerprint density at radius 2 is 2.00 bits per heavy atom. The molecule has 7 heteroatoms. The van der Waals surface area contributed by atoms with Crippen LogP contribution in [0.4, 0.5) is 0 Å². The highest BCUT2D eigenvalue weighted by atomic mass is 127. The molecular formula is C25H32IN3O3. The lowest BCUT2D eigenvalue weighted by Crippen LogP contribution is -2.39. The number of rotatable bonds is 9. The van der Waals surface area contributed by atoms with Crippen molar-refractivity contribution in [1.82, 2.24) is 10.2 Å². The summed E-state index contributed by atoms with van der Waals surface area (Å²) >= 11 is 0. The van der Waals surface area contributed by atoms with E-state index < -0.39 is 0 Å². The first-order chi connectivity index (χ1) is 15.2. The van der Waals surface area contributed by atoms with Gasteiger partial charge in [-0.05, 0) is 29.7 Å². The molecule has 1 heterocycles. The highest BCUT2D eigenvalue weighted by Crippen LogP contribution is 2.28. The van der Waals surface area contributed by atoms with Gasteiger partial charge in [0.25, 0.3) is 0 Å². The lowest BCUT2D eigenvalue weighted by Gasteiger charge is -2.22. The van der Waals surface area contributed by atoms with Gasteiger partial charge in [-0.3, -0.25) is 4.99 Å². The number of hydrogen-bond acceptors (Lipinski definition) is 4. The van der Waals surface area contributed by atoms with Crippen molar-refractivity contribution >= 4 is 29.9 Å². The molecule has 0 aromatic heterocycles. The van der Waals surface area contributed by atoms with Crippen LogP contribution >= 0.6 is 24.0 Å². The van der Waals surface area contributed by atoms with E-state index in [0.717, 1.165) is 37.6 Å². The third-order valence-electron chi connectivity index (χ3n) is 5.25. The summed E-state index contributed by atoms with van der Waals surface area (Å²) in [5.74, 6) is 5.20. The summed E-state index contributed by atoms with van der Waals surface area (Å²) in [7, 11) is 3.43. The van der Waals surface area contributed by atoms with Gasteiger partial charge < -0.3 is 24.4 Å². The minimum absolute atomic E-state index is 0. The number of nitrogens with zero attached hydrogens (tertiary/aromatic N) is 2. The fourth-order valence-corrected chi connectivity index (χ4v) is 3.66. The largest absolute Gasteiger partial charge is 0.493 e. The number of hydrogen-bond donors (Lipinski definition) is 1. The van der Waals surface area contributed by atoms with E-state index in [-0.39, 0.29) is 30.6 Å². The maximum Gasteiger partial charge on any atom is 0.193 e. The predicted molar refractivity (Wildman–Crippen MR) is 139 cm³/mol. The van der Waals surface area contributed by atoms with Crippen molar-refractivity contribution in [2.24, 2.45) is 10.9 Å². The summed E-state index contributed by atoms with van der Waals surface area (Å²) in [6.07, 6.45) is 6.40. The number of methoxy groups -OCH3 is 1. The standard InChI is InChI=1S/C25H31N3O3.HI/c1-4-14-31-24-15-21(10-11-23(24)29-3)16-27-25(26-2)28-13-12-22(17-28)19-30-18-20-8-6-5-7-9-20;/h1,5-11,15,22H,12-14,16-19H2,2-3H3,(H,26,27);1H. The molecule has 1 aliphatic heterocycles. The summed E-state index contributed by atoms with van der Waals surface area (Å²) in [5, 5.41) is 3.45. The molecular weight excluding hydrogens is 517 g/mol. The van der Waals surface area contributed by atoms with E-state index in [9.17, 15) is 0 Å².